The largest absolute Gasteiger partial charge is 0.481 e. The minimum atomic E-state index is -0.271. The van der Waals surface area contributed by atoms with E-state index in [0.717, 1.165) is 42.0 Å². The Morgan fingerprint density at radius 3 is 2.73 bits per heavy atom. The molecule has 5 rings (SSSR count). The summed E-state index contributed by atoms with van der Waals surface area (Å²) in [4.78, 5) is 25.4. The van der Waals surface area contributed by atoms with Gasteiger partial charge >= 0.3 is 6.09 Å². The fourth-order valence-corrected chi connectivity index (χ4v) is 4.44. The minimum Gasteiger partial charge on any atom is -0.481 e. The van der Waals surface area contributed by atoms with Crippen molar-refractivity contribution in [2.75, 3.05) is 49.6 Å². The van der Waals surface area contributed by atoms with E-state index in [1.807, 2.05) is 42.6 Å². The second kappa shape index (κ2) is 8.86. The third-order valence-electron chi connectivity index (χ3n) is 6.53. The van der Waals surface area contributed by atoms with Gasteiger partial charge in [-0.05, 0) is 49.2 Å². The van der Waals surface area contributed by atoms with E-state index in [-0.39, 0.29) is 12.2 Å². The zero-order valence-electron chi connectivity index (χ0n) is 19.2. The van der Waals surface area contributed by atoms with Crippen LogP contribution in [0.2, 0.25) is 0 Å². The van der Waals surface area contributed by atoms with Gasteiger partial charge in [0.2, 0.25) is 5.88 Å². The molecule has 1 aromatic carbocycles. The summed E-state index contributed by atoms with van der Waals surface area (Å²) in [5, 5.41) is 3.49. The number of anilines is 2. The van der Waals surface area contributed by atoms with Crippen molar-refractivity contribution >= 4 is 28.5 Å². The Morgan fingerprint density at radius 1 is 1.09 bits per heavy atom. The van der Waals surface area contributed by atoms with E-state index in [9.17, 15) is 4.79 Å². The first kappa shape index (κ1) is 21.5. The molecule has 2 saturated heterocycles. The highest BCUT2D eigenvalue weighted by atomic mass is 16.6. The van der Waals surface area contributed by atoms with Crippen molar-refractivity contribution in [1.82, 2.24) is 15.3 Å². The van der Waals surface area contributed by atoms with E-state index in [2.05, 4.69) is 34.0 Å². The number of aromatic nitrogens is 2. The van der Waals surface area contributed by atoms with Crippen LogP contribution in [0.25, 0.3) is 11.0 Å². The van der Waals surface area contributed by atoms with Crippen molar-refractivity contribution < 1.29 is 14.3 Å². The van der Waals surface area contributed by atoms with E-state index in [1.165, 1.54) is 11.1 Å². The number of aryl methyl sites for hydroxylation is 2. The third kappa shape index (κ3) is 4.30. The molecule has 0 radical (unpaired) electrons. The zero-order valence-corrected chi connectivity index (χ0v) is 19.2. The number of methoxy groups -OCH3 is 1. The number of amides is 1. The third-order valence-corrected chi connectivity index (χ3v) is 6.53. The number of carbonyl (C=O) groups excluding carboxylic acids is 1. The van der Waals surface area contributed by atoms with E-state index in [4.69, 9.17) is 9.47 Å². The van der Waals surface area contributed by atoms with E-state index in [0.29, 0.717) is 24.9 Å². The summed E-state index contributed by atoms with van der Waals surface area (Å²) in [7, 11) is 1.62. The molecular formula is C25H29N5O3. The molecule has 0 unspecified atom stereocenters. The van der Waals surface area contributed by atoms with Crippen LogP contribution >= 0.6 is 0 Å². The lowest BCUT2D eigenvalue weighted by molar-refractivity contribution is 0.139. The van der Waals surface area contributed by atoms with Crippen LogP contribution in [0.4, 0.5) is 16.2 Å². The summed E-state index contributed by atoms with van der Waals surface area (Å²) in [5.41, 5.74) is 6.11. The molecule has 0 aliphatic carbocycles. The summed E-state index contributed by atoms with van der Waals surface area (Å²) in [6.07, 6.45) is 1.41. The van der Waals surface area contributed by atoms with Crippen molar-refractivity contribution in [2.24, 2.45) is 5.92 Å². The van der Waals surface area contributed by atoms with Gasteiger partial charge in [-0.3, -0.25) is 9.88 Å². The second-order valence-corrected chi connectivity index (χ2v) is 8.87. The Balaban J connectivity index is 1.12. The Bertz CT molecular complexity index is 1180. The lowest BCUT2D eigenvalue weighted by Crippen LogP contribution is -2.51. The molecule has 172 valence electrons. The molecule has 3 aromatic rings. The number of benzene rings is 1. The molecule has 4 heterocycles. The Hall–Kier alpha value is -3.39. The van der Waals surface area contributed by atoms with Gasteiger partial charge in [-0.1, -0.05) is 6.07 Å². The number of carbonyl (C=O) groups is 1. The van der Waals surface area contributed by atoms with Gasteiger partial charge in [0, 0.05) is 50.0 Å². The number of pyridine rings is 2. The predicted octanol–water partition coefficient (Wildman–Crippen LogP) is 3.31. The first-order valence-corrected chi connectivity index (χ1v) is 11.3. The van der Waals surface area contributed by atoms with Crippen LogP contribution < -0.4 is 19.9 Å². The number of ether oxygens (including phenoxy) is 2. The van der Waals surface area contributed by atoms with Crippen molar-refractivity contribution in [3.05, 3.63) is 53.7 Å². The molecule has 33 heavy (non-hydrogen) atoms. The summed E-state index contributed by atoms with van der Waals surface area (Å²) >= 11 is 0. The summed E-state index contributed by atoms with van der Waals surface area (Å²) in [6.45, 7) is 8.13. The highest BCUT2D eigenvalue weighted by Crippen LogP contribution is 2.31. The molecule has 0 saturated carbocycles. The van der Waals surface area contributed by atoms with E-state index < -0.39 is 0 Å². The van der Waals surface area contributed by atoms with Crippen LogP contribution in [0, 0.1) is 19.8 Å². The number of fused-ring (bicyclic) bond motifs is 1. The van der Waals surface area contributed by atoms with Crippen molar-refractivity contribution in [3.8, 4) is 5.88 Å². The van der Waals surface area contributed by atoms with Gasteiger partial charge in [-0.2, -0.15) is 0 Å². The molecule has 8 nitrogen and oxygen atoms in total. The van der Waals surface area contributed by atoms with Gasteiger partial charge in [0.15, 0.2) is 0 Å². The van der Waals surface area contributed by atoms with Gasteiger partial charge in [0.05, 0.1) is 24.9 Å². The molecule has 2 aromatic heterocycles. The average molecular weight is 448 g/mol. The van der Waals surface area contributed by atoms with Gasteiger partial charge in [0.25, 0.3) is 0 Å². The Kier molecular flexibility index (Phi) is 5.76. The van der Waals surface area contributed by atoms with Crippen LogP contribution in [0.5, 0.6) is 5.88 Å². The minimum absolute atomic E-state index is 0.143. The molecule has 0 spiro atoms. The van der Waals surface area contributed by atoms with Crippen LogP contribution in [-0.2, 0) is 4.74 Å². The lowest BCUT2D eigenvalue weighted by atomic mass is 9.99. The molecule has 8 heteroatoms. The molecule has 2 aliphatic heterocycles. The molecule has 0 bridgehead atoms. The van der Waals surface area contributed by atoms with Crippen molar-refractivity contribution in [1.29, 1.82) is 0 Å². The number of hydrogen-bond acceptors (Lipinski definition) is 7. The first-order valence-electron chi connectivity index (χ1n) is 11.3. The number of nitrogens with zero attached hydrogens (tertiary/aromatic N) is 4. The molecular weight excluding hydrogens is 418 g/mol. The Morgan fingerprint density at radius 2 is 1.94 bits per heavy atom. The van der Waals surface area contributed by atoms with Gasteiger partial charge in [0.1, 0.15) is 11.6 Å². The van der Waals surface area contributed by atoms with Crippen molar-refractivity contribution in [3.63, 3.8) is 0 Å². The molecule has 2 aliphatic rings. The highest BCUT2D eigenvalue weighted by Gasteiger charge is 2.33. The topological polar surface area (TPSA) is 79.8 Å². The lowest BCUT2D eigenvalue weighted by Gasteiger charge is -2.41. The quantitative estimate of drug-likeness (QED) is 0.595. The first-order chi connectivity index (χ1) is 16.0. The van der Waals surface area contributed by atoms with Crippen molar-refractivity contribution in [2.45, 2.75) is 20.0 Å². The maximum Gasteiger partial charge on any atom is 0.414 e. The Labute approximate surface area is 193 Å². The molecule has 2 fully saturated rings. The molecule has 1 amide bonds. The van der Waals surface area contributed by atoms with Crippen LogP contribution in [0.1, 0.15) is 11.1 Å². The van der Waals surface area contributed by atoms with Crippen LogP contribution in [-0.4, -0.2) is 62.0 Å². The van der Waals surface area contributed by atoms with Crippen LogP contribution in [0.15, 0.2) is 42.6 Å². The number of hydrogen-bond donors (Lipinski definition) is 1. The zero-order chi connectivity index (χ0) is 22.9. The standard InChI is InChI=1S/C25H29N5O3/c1-16-4-5-19(10-17(16)2)30-15-20(33-25(30)31)12-26-11-18-13-29(14-18)22-8-9-27-21-6-7-23(32-3)28-24(21)22/h4-10,18,20,26H,11-15H2,1-3H3/t20-/m1/s1. The number of rotatable bonds is 7. The normalized spacial score (nSPS) is 18.5. The fraction of sp³-hybridized carbons (Fsp3) is 0.400. The average Bonchev–Trinajstić information content (AvgIpc) is 3.17. The maximum absolute atomic E-state index is 12.3. The van der Waals surface area contributed by atoms with Crippen LogP contribution in [0.3, 0.4) is 0 Å². The summed E-state index contributed by atoms with van der Waals surface area (Å²) in [6, 6.07) is 11.9. The summed E-state index contributed by atoms with van der Waals surface area (Å²) in [5.74, 6) is 1.13. The maximum atomic E-state index is 12.3. The van der Waals surface area contributed by atoms with E-state index in [1.54, 1.807) is 12.0 Å². The fourth-order valence-electron chi connectivity index (χ4n) is 4.44. The number of cyclic esters (lactones) is 1. The highest BCUT2D eigenvalue weighted by molar-refractivity contribution is 5.90. The SMILES string of the molecule is COc1ccc2nccc(N3CC(CNC[C@@H]4CN(c5ccc(C)c(C)c5)C(=O)O4)C3)c2n1. The smallest absolute Gasteiger partial charge is 0.414 e. The van der Waals surface area contributed by atoms with E-state index >= 15 is 0 Å². The molecule has 1 N–H and O–H groups in total. The monoisotopic (exact) mass is 447 g/mol. The second-order valence-electron chi connectivity index (χ2n) is 8.87. The predicted molar refractivity (Wildman–Crippen MR) is 128 cm³/mol. The van der Waals surface area contributed by atoms with Gasteiger partial charge in [-0.15, -0.1) is 0 Å². The van der Waals surface area contributed by atoms with Gasteiger partial charge in [-0.25, -0.2) is 9.78 Å². The number of nitrogens with one attached hydrogen (secondary N) is 1. The molecule has 1 atom stereocenters. The summed E-state index contributed by atoms with van der Waals surface area (Å²) < 4.78 is 10.9. The van der Waals surface area contributed by atoms with Gasteiger partial charge < -0.3 is 19.7 Å².